The van der Waals surface area contributed by atoms with Crippen LogP contribution >= 0.6 is 12.4 Å². The lowest BCUT2D eigenvalue weighted by molar-refractivity contribution is -0.0237. The zero-order valence-electron chi connectivity index (χ0n) is 16.1. The van der Waals surface area contributed by atoms with Gasteiger partial charge in [0.25, 0.3) is 0 Å². The third-order valence-electron chi connectivity index (χ3n) is 5.51. The molecule has 1 saturated carbocycles. The molecule has 0 aliphatic heterocycles. The predicted octanol–water partition coefficient (Wildman–Crippen LogP) is 5.51. The normalized spacial score (nSPS) is 14.7. The molecule has 2 aromatic rings. The van der Waals surface area contributed by atoms with Gasteiger partial charge in [-0.25, -0.2) is 0 Å². The van der Waals surface area contributed by atoms with Crippen LogP contribution in [0.15, 0.2) is 60.7 Å². The van der Waals surface area contributed by atoms with Crippen molar-refractivity contribution in [2.75, 3.05) is 26.7 Å². The smallest absolute Gasteiger partial charge is 0.119 e. The number of benzene rings is 2. The van der Waals surface area contributed by atoms with Crippen LogP contribution in [0.4, 0.5) is 0 Å². The van der Waals surface area contributed by atoms with Gasteiger partial charge in [0.05, 0.1) is 0 Å². The molecule has 0 unspecified atom stereocenters. The Kier molecular flexibility index (Phi) is 8.15. The molecule has 0 heterocycles. The van der Waals surface area contributed by atoms with E-state index in [-0.39, 0.29) is 18.0 Å². The summed E-state index contributed by atoms with van der Waals surface area (Å²) in [7, 11) is 2.25. The van der Waals surface area contributed by atoms with E-state index in [1.807, 2.05) is 0 Å². The summed E-state index contributed by atoms with van der Waals surface area (Å²) in [5.41, 5.74) is 2.13. The topological polar surface area (TPSA) is 12.5 Å². The van der Waals surface area contributed by atoms with Gasteiger partial charge in [-0.1, -0.05) is 67.1 Å². The van der Waals surface area contributed by atoms with Crippen LogP contribution in [0, 0.1) is 5.92 Å². The third-order valence-corrected chi connectivity index (χ3v) is 5.51. The molecule has 0 radical (unpaired) electrons. The molecular weight excluding hydrogens is 342 g/mol. The SMILES string of the molecule is CCOC(CCN(C)CC1CCC1)(c1ccccc1)c1ccccc1.Cl. The monoisotopic (exact) mass is 373 g/mol. The van der Waals surface area contributed by atoms with E-state index < -0.39 is 0 Å². The van der Waals surface area contributed by atoms with Crippen molar-refractivity contribution in [3.8, 4) is 0 Å². The minimum Gasteiger partial charge on any atom is -0.366 e. The number of nitrogens with zero attached hydrogens (tertiary/aromatic N) is 1. The number of hydrogen-bond acceptors (Lipinski definition) is 2. The summed E-state index contributed by atoms with van der Waals surface area (Å²) in [6.07, 6.45) is 5.18. The lowest BCUT2D eigenvalue weighted by Crippen LogP contribution is -2.37. The molecule has 0 atom stereocenters. The molecule has 0 spiro atoms. The summed E-state index contributed by atoms with van der Waals surface area (Å²) >= 11 is 0. The van der Waals surface area contributed by atoms with Gasteiger partial charge < -0.3 is 9.64 Å². The molecule has 3 rings (SSSR count). The highest BCUT2D eigenvalue weighted by Crippen LogP contribution is 2.37. The molecule has 1 aliphatic carbocycles. The average Bonchev–Trinajstić information content (AvgIpc) is 2.63. The minimum atomic E-state index is -0.370. The second kappa shape index (κ2) is 10.1. The molecule has 2 nitrogen and oxygen atoms in total. The van der Waals surface area contributed by atoms with Gasteiger partial charge in [-0.3, -0.25) is 0 Å². The van der Waals surface area contributed by atoms with Gasteiger partial charge in [0.15, 0.2) is 0 Å². The van der Waals surface area contributed by atoms with E-state index in [4.69, 9.17) is 4.74 Å². The first-order valence-corrected chi connectivity index (χ1v) is 9.68. The van der Waals surface area contributed by atoms with Gasteiger partial charge in [0, 0.05) is 19.7 Å². The van der Waals surface area contributed by atoms with Crippen LogP contribution in [0.5, 0.6) is 0 Å². The molecule has 0 N–H and O–H groups in total. The molecule has 1 fully saturated rings. The maximum Gasteiger partial charge on any atom is 0.119 e. The predicted molar refractivity (Wildman–Crippen MR) is 112 cm³/mol. The molecule has 3 heteroatoms. The molecular formula is C23H32ClNO. The van der Waals surface area contributed by atoms with Crippen molar-refractivity contribution < 1.29 is 4.74 Å². The van der Waals surface area contributed by atoms with Crippen molar-refractivity contribution in [2.24, 2.45) is 5.92 Å². The fourth-order valence-corrected chi connectivity index (χ4v) is 3.91. The Morgan fingerprint density at radius 2 is 1.50 bits per heavy atom. The number of hydrogen-bond donors (Lipinski definition) is 0. The maximum absolute atomic E-state index is 6.47. The summed E-state index contributed by atoms with van der Waals surface area (Å²) < 4.78 is 6.47. The van der Waals surface area contributed by atoms with Gasteiger partial charge in [0.2, 0.25) is 0 Å². The molecule has 0 aromatic heterocycles. The van der Waals surface area contributed by atoms with E-state index in [1.54, 1.807) is 0 Å². The Morgan fingerprint density at radius 1 is 0.962 bits per heavy atom. The number of ether oxygens (including phenoxy) is 1. The Bertz CT molecular complexity index is 588. The summed E-state index contributed by atoms with van der Waals surface area (Å²) in [5.74, 6) is 0.903. The summed E-state index contributed by atoms with van der Waals surface area (Å²) in [6.45, 7) is 5.06. The van der Waals surface area contributed by atoms with E-state index in [0.29, 0.717) is 6.61 Å². The lowest BCUT2D eigenvalue weighted by atomic mass is 9.82. The van der Waals surface area contributed by atoms with Crippen molar-refractivity contribution in [2.45, 2.75) is 38.2 Å². The van der Waals surface area contributed by atoms with Crippen molar-refractivity contribution in [3.05, 3.63) is 71.8 Å². The van der Waals surface area contributed by atoms with Crippen molar-refractivity contribution >= 4 is 12.4 Å². The quantitative estimate of drug-likeness (QED) is 0.574. The molecule has 1 aliphatic rings. The highest BCUT2D eigenvalue weighted by Gasteiger charge is 2.35. The van der Waals surface area contributed by atoms with E-state index >= 15 is 0 Å². The molecule has 0 amide bonds. The van der Waals surface area contributed by atoms with Gasteiger partial charge >= 0.3 is 0 Å². The Labute approximate surface area is 165 Å². The minimum absolute atomic E-state index is 0. The van der Waals surface area contributed by atoms with Gasteiger partial charge in [-0.05, 0) is 50.3 Å². The zero-order valence-corrected chi connectivity index (χ0v) is 16.9. The first kappa shape index (κ1) is 21.0. The fraction of sp³-hybridized carbons (Fsp3) is 0.478. The van der Waals surface area contributed by atoms with Crippen molar-refractivity contribution in [3.63, 3.8) is 0 Å². The van der Waals surface area contributed by atoms with Crippen molar-refractivity contribution in [1.29, 1.82) is 0 Å². The second-order valence-corrected chi connectivity index (χ2v) is 7.30. The summed E-state index contributed by atoms with van der Waals surface area (Å²) in [6, 6.07) is 21.4. The summed E-state index contributed by atoms with van der Waals surface area (Å²) in [5, 5.41) is 0. The standard InChI is InChI=1S/C23H31NO.ClH/c1-3-25-23(21-13-6-4-7-14-21,22-15-8-5-9-16-22)17-18-24(2)19-20-11-10-12-20;/h4-9,13-16,20H,3,10-12,17-19H2,1-2H3;1H. The van der Waals surface area contributed by atoms with Crippen molar-refractivity contribution in [1.82, 2.24) is 4.90 Å². The molecule has 0 saturated heterocycles. The van der Waals surface area contributed by atoms with E-state index in [0.717, 1.165) is 18.9 Å². The van der Waals surface area contributed by atoms with E-state index in [2.05, 4.69) is 79.5 Å². The molecule has 2 aromatic carbocycles. The number of rotatable bonds is 9. The maximum atomic E-state index is 6.47. The largest absolute Gasteiger partial charge is 0.366 e. The molecule has 26 heavy (non-hydrogen) atoms. The van der Waals surface area contributed by atoms with Crippen LogP contribution in [-0.2, 0) is 10.3 Å². The third kappa shape index (κ3) is 4.88. The van der Waals surface area contributed by atoms with Crippen LogP contribution in [-0.4, -0.2) is 31.6 Å². The average molecular weight is 374 g/mol. The van der Waals surface area contributed by atoms with Crippen LogP contribution in [0.1, 0.15) is 43.7 Å². The lowest BCUT2D eigenvalue weighted by Gasteiger charge is -2.37. The van der Waals surface area contributed by atoms with E-state index in [9.17, 15) is 0 Å². The Morgan fingerprint density at radius 3 is 1.92 bits per heavy atom. The zero-order chi connectivity index (χ0) is 17.5. The molecule has 142 valence electrons. The second-order valence-electron chi connectivity index (χ2n) is 7.30. The molecule has 0 bridgehead atoms. The van der Waals surface area contributed by atoms with Gasteiger partial charge in [0.1, 0.15) is 5.60 Å². The fourth-order valence-electron chi connectivity index (χ4n) is 3.91. The Hall–Kier alpha value is -1.35. The number of halogens is 1. The summed E-state index contributed by atoms with van der Waals surface area (Å²) in [4.78, 5) is 2.49. The Balaban J connectivity index is 0.00000243. The van der Waals surface area contributed by atoms with Crippen LogP contribution in [0.2, 0.25) is 0 Å². The van der Waals surface area contributed by atoms with Crippen LogP contribution in [0.25, 0.3) is 0 Å². The van der Waals surface area contributed by atoms with Gasteiger partial charge in [-0.15, -0.1) is 12.4 Å². The van der Waals surface area contributed by atoms with Crippen LogP contribution in [0.3, 0.4) is 0 Å². The van der Waals surface area contributed by atoms with Gasteiger partial charge in [-0.2, -0.15) is 0 Å². The van der Waals surface area contributed by atoms with Crippen LogP contribution < -0.4 is 0 Å². The first-order valence-electron chi connectivity index (χ1n) is 9.68. The highest BCUT2D eigenvalue weighted by atomic mass is 35.5. The van der Waals surface area contributed by atoms with E-state index in [1.165, 1.54) is 36.9 Å². The highest BCUT2D eigenvalue weighted by molar-refractivity contribution is 5.85. The first-order chi connectivity index (χ1) is 12.2.